The fourth-order valence-electron chi connectivity index (χ4n) is 2.40. The van der Waals surface area contributed by atoms with Gasteiger partial charge < -0.3 is 15.4 Å². The van der Waals surface area contributed by atoms with Crippen LogP contribution in [0.4, 0.5) is 11.4 Å². The van der Waals surface area contributed by atoms with Crippen molar-refractivity contribution in [3.05, 3.63) is 23.8 Å². The Bertz CT molecular complexity index is 473. The molecule has 0 spiro atoms. The van der Waals surface area contributed by atoms with Crippen molar-refractivity contribution in [2.75, 3.05) is 30.8 Å². The van der Waals surface area contributed by atoms with E-state index in [1.54, 1.807) is 6.07 Å². The van der Waals surface area contributed by atoms with Crippen LogP contribution in [0.25, 0.3) is 0 Å². The van der Waals surface area contributed by atoms with E-state index >= 15 is 0 Å². The monoisotopic (exact) mass is 262 g/mol. The van der Waals surface area contributed by atoms with Crippen LogP contribution in [0.1, 0.15) is 37.0 Å². The molecule has 2 rings (SSSR count). The minimum absolute atomic E-state index is 0.378. The van der Waals surface area contributed by atoms with E-state index in [4.69, 9.17) is 10.5 Å². The number of hydrogen-bond acceptors (Lipinski definition) is 4. The molecule has 1 fully saturated rings. The summed E-state index contributed by atoms with van der Waals surface area (Å²) in [4.78, 5) is 14.0. The Labute approximate surface area is 114 Å². The summed E-state index contributed by atoms with van der Waals surface area (Å²) in [7, 11) is 1.37. The van der Waals surface area contributed by atoms with Gasteiger partial charge in [-0.05, 0) is 36.5 Å². The Kier molecular flexibility index (Phi) is 3.69. The van der Waals surface area contributed by atoms with Gasteiger partial charge in [0.15, 0.2) is 0 Å². The first-order valence-electron chi connectivity index (χ1n) is 6.66. The molecule has 2 N–H and O–H groups in total. The number of carbonyl (C=O) groups is 1. The second kappa shape index (κ2) is 5.11. The first kappa shape index (κ1) is 13.7. The van der Waals surface area contributed by atoms with Gasteiger partial charge in [0, 0.05) is 24.5 Å². The van der Waals surface area contributed by atoms with Gasteiger partial charge in [0.05, 0.1) is 12.7 Å². The molecule has 0 saturated carbocycles. The number of nitrogens with zero attached hydrogens (tertiary/aromatic N) is 1. The maximum atomic E-state index is 11.7. The Hall–Kier alpha value is -1.71. The molecule has 104 valence electrons. The van der Waals surface area contributed by atoms with Crippen molar-refractivity contribution in [1.82, 2.24) is 0 Å². The molecule has 1 heterocycles. The maximum Gasteiger partial charge on any atom is 0.340 e. The smallest absolute Gasteiger partial charge is 0.340 e. The molecule has 0 bridgehead atoms. The number of carbonyl (C=O) groups excluding carboxylic acids is 1. The summed E-state index contributed by atoms with van der Waals surface area (Å²) >= 11 is 0. The lowest BCUT2D eigenvalue weighted by molar-refractivity contribution is 0.0602. The van der Waals surface area contributed by atoms with Crippen molar-refractivity contribution in [2.45, 2.75) is 26.7 Å². The van der Waals surface area contributed by atoms with Crippen molar-refractivity contribution in [3.8, 4) is 0 Å². The van der Waals surface area contributed by atoms with E-state index in [2.05, 4.69) is 18.7 Å². The molecule has 0 aliphatic carbocycles. The van der Waals surface area contributed by atoms with Crippen LogP contribution in [0.3, 0.4) is 0 Å². The summed E-state index contributed by atoms with van der Waals surface area (Å²) in [6.45, 7) is 6.62. The number of esters is 1. The quantitative estimate of drug-likeness (QED) is 0.657. The summed E-state index contributed by atoms with van der Waals surface area (Å²) in [5.74, 6) is -0.378. The number of hydrogen-bond donors (Lipinski definition) is 1. The highest BCUT2D eigenvalue weighted by Crippen LogP contribution is 2.33. The number of benzene rings is 1. The normalized spacial score (nSPS) is 18.2. The number of methoxy groups -OCH3 is 1. The van der Waals surface area contributed by atoms with Crippen molar-refractivity contribution >= 4 is 17.3 Å². The number of rotatable bonds is 2. The van der Waals surface area contributed by atoms with E-state index in [1.165, 1.54) is 7.11 Å². The van der Waals surface area contributed by atoms with E-state index in [1.807, 2.05) is 12.1 Å². The van der Waals surface area contributed by atoms with Crippen LogP contribution >= 0.6 is 0 Å². The molecule has 0 aromatic heterocycles. The lowest BCUT2D eigenvalue weighted by atomic mass is 9.82. The molecule has 0 unspecified atom stereocenters. The SMILES string of the molecule is COC(=O)c1cc(N2CCC(C)(C)CC2)ccc1N. The zero-order chi connectivity index (χ0) is 14.0. The molecular formula is C15H22N2O2. The zero-order valence-electron chi connectivity index (χ0n) is 11.9. The minimum atomic E-state index is -0.378. The van der Waals surface area contributed by atoms with E-state index < -0.39 is 0 Å². The van der Waals surface area contributed by atoms with Gasteiger partial charge in [0.2, 0.25) is 0 Å². The molecule has 1 aromatic rings. The molecule has 1 aliphatic rings. The van der Waals surface area contributed by atoms with Gasteiger partial charge in [-0.3, -0.25) is 0 Å². The highest BCUT2D eigenvalue weighted by Gasteiger charge is 2.26. The number of anilines is 2. The second-order valence-electron chi connectivity index (χ2n) is 5.91. The molecule has 19 heavy (non-hydrogen) atoms. The van der Waals surface area contributed by atoms with Crippen LogP contribution < -0.4 is 10.6 Å². The van der Waals surface area contributed by atoms with Gasteiger partial charge >= 0.3 is 5.97 Å². The van der Waals surface area contributed by atoms with Crippen LogP contribution in [-0.2, 0) is 4.74 Å². The Morgan fingerprint density at radius 3 is 2.53 bits per heavy atom. The summed E-state index contributed by atoms with van der Waals surface area (Å²) in [6, 6.07) is 5.58. The minimum Gasteiger partial charge on any atom is -0.465 e. The van der Waals surface area contributed by atoms with Gasteiger partial charge in [0.1, 0.15) is 0 Å². The third kappa shape index (κ3) is 3.00. The standard InChI is InChI=1S/C15H22N2O2/c1-15(2)6-8-17(9-7-15)11-4-5-13(16)12(10-11)14(18)19-3/h4-5,10H,6-9,16H2,1-3H3. The van der Waals surface area contributed by atoms with Gasteiger partial charge in [0.25, 0.3) is 0 Å². The first-order chi connectivity index (χ1) is 8.93. The molecule has 0 atom stereocenters. The van der Waals surface area contributed by atoms with Crippen LogP contribution in [0.15, 0.2) is 18.2 Å². The summed E-state index contributed by atoms with van der Waals surface area (Å²) in [6.07, 6.45) is 2.32. The Morgan fingerprint density at radius 1 is 1.32 bits per heavy atom. The zero-order valence-corrected chi connectivity index (χ0v) is 11.9. The van der Waals surface area contributed by atoms with Crippen LogP contribution in [0.2, 0.25) is 0 Å². The third-order valence-electron chi connectivity index (χ3n) is 3.92. The van der Waals surface area contributed by atoms with Crippen molar-refractivity contribution in [3.63, 3.8) is 0 Å². The summed E-state index contributed by atoms with van der Waals surface area (Å²) in [5.41, 5.74) is 8.19. The summed E-state index contributed by atoms with van der Waals surface area (Å²) < 4.78 is 4.76. The fourth-order valence-corrected chi connectivity index (χ4v) is 2.40. The van der Waals surface area contributed by atoms with Crippen LogP contribution in [-0.4, -0.2) is 26.2 Å². The van der Waals surface area contributed by atoms with Crippen molar-refractivity contribution in [2.24, 2.45) is 5.41 Å². The number of nitrogens with two attached hydrogens (primary N) is 1. The first-order valence-corrected chi connectivity index (χ1v) is 6.66. The lowest BCUT2D eigenvalue weighted by Crippen LogP contribution is -2.37. The molecule has 0 amide bonds. The topological polar surface area (TPSA) is 55.6 Å². The predicted molar refractivity (Wildman–Crippen MR) is 77.4 cm³/mol. The van der Waals surface area contributed by atoms with Gasteiger partial charge in [-0.25, -0.2) is 4.79 Å². The maximum absolute atomic E-state index is 11.7. The van der Waals surface area contributed by atoms with Crippen molar-refractivity contribution < 1.29 is 9.53 Å². The van der Waals surface area contributed by atoms with Crippen LogP contribution in [0.5, 0.6) is 0 Å². The number of ether oxygens (including phenoxy) is 1. The molecule has 1 aromatic carbocycles. The van der Waals surface area contributed by atoms with Gasteiger partial charge in [-0.1, -0.05) is 13.8 Å². The highest BCUT2D eigenvalue weighted by molar-refractivity contribution is 5.96. The van der Waals surface area contributed by atoms with Gasteiger partial charge in [-0.15, -0.1) is 0 Å². The third-order valence-corrected chi connectivity index (χ3v) is 3.92. The molecular weight excluding hydrogens is 240 g/mol. The fraction of sp³-hybridized carbons (Fsp3) is 0.533. The van der Waals surface area contributed by atoms with Crippen LogP contribution in [0, 0.1) is 5.41 Å². The predicted octanol–water partition coefficient (Wildman–Crippen LogP) is 2.68. The molecule has 4 nitrogen and oxygen atoms in total. The average Bonchev–Trinajstić information content (AvgIpc) is 2.39. The lowest BCUT2D eigenvalue weighted by Gasteiger charge is -2.38. The Morgan fingerprint density at radius 2 is 1.95 bits per heavy atom. The molecule has 0 radical (unpaired) electrons. The molecule has 4 heteroatoms. The van der Waals surface area contributed by atoms with E-state index in [9.17, 15) is 4.79 Å². The van der Waals surface area contributed by atoms with Crippen molar-refractivity contribution in [1.29, 1.82) is 0 Å². The number of nitrogen functional groups attached to an aromatic ring is 1. The van der Waals surface area contributed by atoms with E-state index in [-0.39, 0.29) is 5.97 Å². The highest BCUT2D eigenvalue weighted by atomic mass is 16.5. The molecule has 1 aliphatic heterocycles. The summed E-state index contributed by atoms with van der Waals surface area (Å²) in [5, 5.41) is 0. The van der Waals surface area contributed by atoms with Gasteiger partial charge in [-0.2, -0.15) is 0 Å². The van der Waals surface area contributed by atoms with E-state index in [0.29, 0.717) is 16.7 Å². The second-order valence-corrected chi connectivity index (χ2v) is 5.91. The average molecular weight is 262 g/mol. The largest absolute Gasteiger partial charge is 0.465 e. The molecule has 1 saturated heterocycles. The van der Waals surface area contributed by atoms with E-state index in [0.717, 1.165) is 31.6 Å². The Balaban J connectivity index is 2.20. The number of piperidine rings is 1.